The number of hydrogen-bond acceptors (Lipinski definition) is 1. The van der Waals surface area contributed by atoms with E-state index < -0.39 is 0 Å². The van der Waals surface area contributed by atoms with Crippen molar-refractivity contribution in [2.75, 3.05) is 6.54 Å². The Morgan fingerprint density at radius 3 is 2.78 bits per heavy atom. The molecule has 3 heteroatoms. The maximum absolute atomic E-state index is 13.7. The summed E-state index contributed by atoms with van der Waals surface area (Å²) in [6.07, 6.45) is 5.16. The van der Waals surface area contributed by atoms with Gasteiger partial charge in [0.05, 0.1) is 0 Å². The van der Waals surface area contributed by atoms with Crippen LogP contribution in [0.4, 0.5) is 4.39 Å². The van der Waals surface area contributed by atoms with Crippen LogP contribution in [0.2, 0.25) is 0 Å². The molecule has 1 unspecified atom stereocenters. The highest BCUT2D eigenvalue weighted by Crippen LogP contribution is 2.49. The molecule has 1 nitrogen and oxygen atoms in total. The van der Waals surface area contributed by atoms with E-state index in [4.69, 9.17) is 0 Å². The molecule has 0 saturated heterocycles. The monoisotopic (exact) mass is 313 g/mol. The highest BCUT2D eigenvalue weighted by Gasteiger charge is 2.41. The van der Waals surface area contributed by atoms with Crippen molar-refractivity contribution in [3.8, 4) is 0 Å². The van der Waals surface area contributed by atoms with Crippen molar-refractivity contribution in [3.63, 3.8) is 0 Å². The van der Waals surface area contributed by atoms with Crippen molar-refractivity contribution in [1.82, 2.24) is 5.32 Å². The first-order valence-electron chi connectivity index (χ1n) is 6.75. The van der Waals surface area contributed by atoms with E-state index in [9.17, 15) is 4.39 Å². The average Bonchev–Trinajstić information content (AvgIpc) is 3.10. The SMILES string of the molecule is CCCC1(CNC(C)c2cc(Br)ccc2F)CC1. The number of benzene rings is 1. The maximum Gasteiger partial charge on any atom is 0.128 e. The summed E-state index contributed by atoms with van der Waals surface area (Å²) in [5, 5.41) is 3.49. The summed E-state index contributed by atoms with van der Waals surface area (Å²) < 4.78 is 14.7. The third-order valence-corrected chi connectivity index (χ3v) is 4.44. The third-order valence-electron chi connectivity index (χ3n) is 3.95. The molecule has 0 spiro atoms. The van der Waals surface area contributed by atoms with Gasteiger partial charge in [-0.1, -0.05) is 29.3 Å². The smallest absolute Gasteiger partial charge is 0.128 e. The van der Waals surface area contributed by atoms with Gasteiger partial charge in [0, 0.05) is 22.6 Å². The average molecular weight is 314 g/mol. The van der Waals surface area contributed by atoms with Gasteiger partial charge >= 0.3 is 0 Å². The second kappa shape index (κ2) is 5.70. The summed E-state index contributed by atoms with van der Waals surface area (Å²) in [6, 6.07) is 5.20. The van der Waals surface area contributed by atoms with Crippen molar-refractivity contribution in [1.29, 1.82) is 0 Å². The first-order valence-corrected chi connectivity index (χ1v) is 7.54. The molecule has 0 radical (unpaired) electrons. The van der Waals surface area contributed by atoms with Gasteiger partial charge in [0.25, 0.3) is 0 Å². The molecule has 0 amide bonds. The van der Waals surface area contributed by atoms with Crippen LogP contribution in [0.25, 0.3) is 0 Å². The minimum atomic E-state index is -0.126. The Morgan fingerprint density at radius 2 is 2.17 bits per heavy atom. The summed E-state index contributed by atoms with van der Waals surface area (Å²) in [6.45, 7) is 5.28. The number of halogens is 2. The fraction of sp³-hybridized carbons (Fsp3) is 0.600. The zero-order chi connectivity index (χ0) is 13.2. The van der Waals surface area contributed by atoms with Crippen LogP contribution in [0, 0.1) is 11.2 Å². The zero-order valence-electron chi connectivity index (χ0n) is 11.1. The lowest BCUT2D eigenvalue weighted by molar-refractivity contribution is 0.393. The second-order valence-electron chi connectivity index (χ2n) is 5.52. The molecule has 0 aliphatic heterocycles. The molecule has 0 heterocycles. The van der Waals surface area contributed by atoms with Gasteiger partial charge in [-0.15, -0.1) is 0 Å². The predicted octanol–water partition coefficient (Wildman–Crippen LogP) is 4.82. The predicted molar refractivity (Wildman–Crippen MR) is 77.1 cm³/mol. The summed E-state index contributed by atoms with van der Waals surface area (Å²) in [7, 11) is 0. The minimum absolute atomic E-state index is 0.0665. The van der Waals surface area contributed by atoms with Crippen molar-refractivity contribution in [3.05, 3.63) is 34.1 Å². The Labute approximate surface area is 117 Å². The molecule has 18 heavy (non-hydrogen) atoms. The molecular formula is C15H21BrFN. The van der Waals surface area contributed by atoms with Crippen LogP contribution in [-0.2, 0) is 0 Å². The Bertz CT molecular complexity index is 415. The maximum atomic E-state index is 13.7. The van der Waals surface area contributed by atoms with Gasteiger partial charge in [0.2, 0.25) is 0 Å². The van der Waals surface area contributed by atoms with E-state index in [1.807, 2.05) is 13.0 Å². The van der Waals surface area contributed by atoms with Crippen molar-refractivity contribution < 1.29 is 4.39 Å². The highest BCUT2D eigenvalue weighted by atomic mass is 79.9. The van der Waals surface area contributed by atoms with E-state index >= 15 is 0 Å². The molecule has 1 aliphatic carbocycles. The topological polar surface area (TPSA) is 12.0 Å². The molecule has 1 saturated carbocycles. The fourth-order valence-electron chi connectivity index (χ4n) is 2.55. The lowest BCUT2D eigenvalue weighted by atomic mass is 9.99. The third kappa shape index (κ3) is 3.33. The van der Waals surface area contributed by atoms with Crippen molar-refractivity contribution in [2.45, 2.75) is 45.6 Å². The summed E-state index contributed by atoms with van der Waals surface area (Å²) in [5.74, 6) is -0.126. The number of hydrogen-bond donors (Lipinski definition) is 1. The van der Waals surface area contributed by atoms with Gasteiger partial charge < -0.3 is 5.32 Å². The normalized spacial score (nSPS) is 18.7. The first kappa shape index (κ1) is 14.0. The summed E-state index contributed by atoms with van der Waals surface area (Å²) in [5.41, 5.74) is 1.25. The number of rotatable bonds is 6. The molecular weight excluding hydrogens is 293 g/mol. The molecule has 1 aliphatic rings. The molecule has 1 fully saturated rings. The van der Waals surface area contributed by atoms with Gasteiger partial charge in [0.1, 0.15) is 5.82 Å². The van der Waals surface area contributed by atoms with Crippen LogP contribution in [0.5, 0.6) is 0 Å². The standard InChI is InChI=1S/C15H21BrFN/c1-3-6-15(7-8-15)10-18-11(2)13-9-12(16)4-5-14(13)17/h4-5,9,11,18H,3,6-8,10H2,1-2H3. The molecule has 1 aromatic carbocycles. The van der Waals surface area contributed by atoms with Crippen LogP contribution >= 0.6 is 15.9 Å². The molecule has 0 bridgehead atoms. The van der Waals surface area contributed by atoms with Gasteiger partial charge in [-0.3, -0.25) is 0 Å². The quantitative estimate of drug-likeness (QED) is 0.794. The lowest BCUT2D eigenvalue weighted by Gasteiger charge is -2.20. The van der Waals surface area contributed by atoms with Gasteiger partial charge in [-0.05, 0) is 49.8 Å². The van der Waals surface area contributed by atoms with E-state index in [2.05, 4.69) is 28.2 Å². The minimum Gasteiger partial charge on any atom is -0.310 e. The second-order valence-corrected chi connectivity index (χ2v) is 6.43. The first-order chi connectivity index (χ1) is 8.56. The molecule has 1 N–H and O–H groups in total. The lowest BCUT2D eigenvalue weighted by Crippen LogP contribution is -2.27. The molecule has 1 atom stereocenters. The van der Waals surface area contributed by atoms with E-state index in [-0.39, 0.29) is 11.9 Å². The van der Waals surface area contributed by atoms with Crippen LogP contribution < -0.4 is 5.32 Å². The zero-order valence-corrected chi connectivity index (χ0v) is 12.7. The fourth-order valence-corrected chi connectivity index (χ4v) is 2.93. The van der Waals surface area contributed by atoms with E-state index in [1.54, 1.807) is 6.07 Å². The molecule has 2 rings (SSSR count). The largest absolute Gasteiger partial charge is 0.310 e. The van der Waals surface area contributed by atoms with Gasteiger partial charge in [0.15, 0.2) is 0 Å². The van der Waals surface area contributed by atoms with Crippen molar-refractivity contribution in [2.24, 2.45) is 5.41 Å². The molecule has 1 aromatic rings. The van der Waals surface area contributed by atoms with Crippen LogP contribution in [0.1, 0.15) is 51.1 Å². The Hall–Kier alpha value is -0.410. The summed E-state index contributed by atoms with van der Waals surface area (Å²) >= 11 is 3.40. The molecule has 0 aromatic heterocycles. The van der Waals surface area contributed by atoms with Gasteiger partial charge in [-0.2, -0.15) is 0 Å². The van der Waals surface area contributed by atoms with E-state index in [1.165, 1.54) is 31.7 Å². The van der Waals surface area contributed by atoms with Crippen LogP contribution in [-0.4, -0.2) is 6.54 Å². The van der Waals surface area contributed by atoms with E-state index in [0.29, 0.717) is 5.41 Å². The summed E-state index contributed by atoms with van der Waals surface area (Å²) in [4.78, 5) is 0. The van der Waals surface area contributed by atoms with Crippen LogP contribution in [0.15, 0.2) is 22.7 Å². The number of nitrogens with one attached hydrogen (secondary N) is 1. The van der Waals surface area contributed by atoms with Crippen LogP contribution in [0.3, 0.4) is 0 Å². The molecule has 100 valence electrons. The van der Waals surface area contributed by atoms with Crippen molar-refractivity contribution >= 4 is 15.9 Å². The highest BCUT2D eigenvalue weighted by molar-refractivity contribution is 9.10. The Morgan fingerprint density at radius 1 is 1.44 bits per heavy atom. The van der Waals surface area contributed by atoms with Gasteiger partial charge in [-0.25, -0.2) is 4.39 Å². The van der Waals surface area contributed by atoms with E-state index in [0.717, 1.165) is 16.6 Å². The Balaban J connectivity index is 1.95. The Kier molecular flexibility index (Phi) is 4.44.